The van der Waals surface area contributed by atoms with Crippen LogP contribution < -0.4 is 5.32 Å². The van der Waals surface area contributed by atoms with E-state index in [2.05, 4.69) is 33.0 Å². The summed E-state index contributed by atoms with van der Waals surface area (Å²) in [6.45, 7) is 3.17. The number of aliphatic carboxylic acids is 1. The molecule has 0 fully saturated rings. The first-order chi connectivity index (χ1) is 7.13. The minimum atomic E-state index is -0.807. The molecule has 1 aromatic heterocycles. The van der Waals surface area contributed by atoms with Crippen molar-refractivity contribution in [3.8, 4) is 0 Å². The lowest BCUT2D eigenvalue weighted by Crippen LogP contribution is -2.37. The van der Waals surface area contributed by atoms with Gasteiger partial charge in [0.2, 0.25) is 0 Å². The van der Waals surface area contributed by atoms with Crippen LogP contribution >= 0.6 is 22.6 Å². The van der Waals surface area contributed by atoms with Gasteiger partial charge in [0.15, 0.2) is 0 Å². The van der Waals surface area contributed by atoms with Gasteiger partial charge < -0.3 is 10.4 Å². The molecule has 0 saturated heterocycles. The summed E-state index contributed by atoms with van der Waals surface area (Å²) in [7, 11) is 0. The first kappa shape index (κ1) is 12.4. The highest BCUT2D eigenvalue weighted by molar-refractivity contribution is 14.1. The molecule has 1 rings (SSSR count). The summed E-state index contributed by atoms with van der Waals surface area (Å²) in [5.41, 5.74) is 0. The van der Waals surface area contributed by atoms with Crippen molar-refractivity contribution in [1.82, 2.24) is 15.1 Å². The number of aryl methyl sites for hydroxylation is 1. The smallest absolute Gasteiger partial charge is 0.320 e. The summed E-state index contributed by atoms with van der Waals surface area (Å²) in [6.07, 6.45) is 4.19. The Hall–Kier alpha value is -0.630. The number of rotatable bonds is 6. The molecule has 84 valence electrons. The van der Waals surface area contributed by atoms with Crippen molar-refractivity contribution >= 4 is 28.6 Å². The maximum atomic E-state index is 10.8. The molecule has 0 aliphatic rings. The van der Waals surface area contributed by atoms with E-state index in [4.69, 9.17) is 5.11 Å². The molecule has 1 atom stereocenters. The first-order valence-corrected chi connectivity index (χ1v) is 5.85. The van der Waals surface area contributed by atoms with Crippen LogP contribution in [0.3, 0.4) is 0 Å². The van der Waals surface area contributed by atoms with Crippen molar-refractivity contribution < 1.29 is 9.90 Å². The lowest BCUT2D eigenvalue weighted by Gasteiger charge is -2.12. The second-order valence-electron chi connectivity index (χ2n) is 3.16. The third-order valence-corrected chi connectivity index (χ3v) is 2.55. The number of nitrogens with one attached hydrogen (secondary N) is 1. The second kappa shape index (κ2) is 6.06. The van der Waals surface area contributed by atoms with Crippen molar-refractivity contribution in [2.75, 3.05) is 6.54 Å². The number of carboxylic acids is 1. The Bertz CT molecular complexity index is 327. The molecular formula is C9H14IN3O2. The van der Waals surface area contributed by atoms with E-state index in [-0.39, 0.29) is 0 Å². The van der Waals surface area contributed by atoms with Crippen LogP contribution in [0.1, 0.15) is 13.3 Å². The van der Waals surface area contributed by atoms with Gasteiger partial charge in [0.1, 0.15) is 6.04 Å². The Balaban J connectivity index is 2.43. The minimum absolute atomic E-state index is 0.489. The highest BCUT2D eigenvalue weighted by Crippen LogP contribution is 2.03. The Labute approximate surface area is 102 Å². The summed E-state index contributed by atoms with van der Waals surface area (Å²) in [5, 5.41) is 15.9. The third kappa shape index (κ3) is 4.17. The molecule has 1 unspecified atom stereocenters. The van der Waals surface area contributed by atoms with Crippen LogP contribution in [0.15, 0.2) is 12.4 Å². The molecule has 1 aromatic rings. The van der Waals surface area contributed by atoms with E-state index in [1.54, 1.807) is 10.9 Å². The fraction of sp³-hybridized carbons (Fsp3) is 0.556. The first-order valence-electron chi connectivity index (χ1n) is 4.77. The normalized spacial score (nSPS) is 12.7. The number of nitrogens with zero attached hydrogens (tertiary/aromatic N) is 2. The average molecular weight is 323 g/mol. The van der Waals surface area contributed by atoms with Gasteiger partial charge in [-0.1, -0.05) is 6.92 Å². The van der Waals surface area contributed by atoms with E-state index in [1.165, 1.54) is 0 Å². The van der Waals surface area contributed by atoms with Gasteiger partial charge in [-0.25, -0.2) is 0 Å². The SMILES string of the molecule is CCNC(CCn1cc(I)cn1)C(=O)O. The van der Waals surface area contributed by atoms with Crippen LogP contribution in [0, 0.1) is 3.57 Å². The molecule has 5 nitrogen and oxygen atoms in total. The number of aromatic nitrogens is 2. The fourth-order valence-electron chi connectivity index (χ4n) is 1.28. The summed E-state index contributed by atoms with van der Waals surface area (Å²) >= 11 is 2.17. The molecule has 0 saturated carbocycles. The van der Waals surface area contributed by atoms with Gasteiger partial charge in [-0.15, -0.1) is 0 Å². The number of carbonyl (C=O) groups is 1. The average Bonchev–Trinajstić information content (AvgIpc) is 2.58. The fourth-order valence-corrected chi connectivity index (χ4v) is 1.73. The Morgan fingerprint density at radius 3 is 3.00 bits per heavy atom. The standard InChI is InChI=1S/C9H14IN3O2/c1-2-11-8(9(14)15)3-4-13-6-7(10)5-12-13/h5-6,8,11H,2-4H2,1H3,(H,14,15). The molecule has 0 spiro atoms. The van der Waals surface area contributed by atoms with Gasteiger partial charge in [-0.05, 0) is 35.6 Å². The van der Waals surface area contributed by atoms with Crippen molar-refractivity contribution in [2.45, 2.75) is 25.9 Å². The van der Waals surface area contributed by atoms with Crippen LogP contribution in [0.2, 0.25) is 0 Å². The number of hydrogen-bond acceptors (Lipinski definition) is 3. The molecule has 2 N–H and O–H groups in total. The molecule has 0 aliphatic carbocycles. The molecule has 0 aromatic carbocycles. The lowest BCUT2D eigenvalue weighted by molar-refractivity contribution is -0.139. The van der Waals surface area contributed by atoms with E-state index in [9.17, 15) is 4.79 Å². The highest BCUT2D eigenvalue weighted by atomic mass is 127. The number of halogens is 1. The van der Waals surface area contributed by atoms with E-state index >= 15 is 0 Å². The van der Waals surface area contributed by atoms with Crippen LogP contribution in [0.5, 0.6) is 0 Å². The zero-order chi connectivity index (χ0) is 11.3. The minimum Gasteiger partial charge on any atom is -0.480 e. The zero-order valence-corrected chi connectivity index (χ0v) is 10.6. The monoisotopic (exact) mass is 323 g/mol. The van der Waals surface area contributed by atoms with Crippen LogP contribution in [-0.2, 0) is 11.3 Å². The number of hydrogen-bond donors (Lipinski definition) is 2. The van der Waals surface area contributed by atoms with E-state index in [1.807, 2.05) is 13.1 Å². The van der Waals surface area contributed by atoms with Gasteiger partial charge in [0.05, 0.1) is 9.77 Å². The van der Waals surface area contributed by atoms with E-state index in [0.29, 0.717) is 19.5 Å². The second-order valence-corrected chi connectivity index (χ2v) is 4.40. The number of carboxylic acid groups (broad SMARTS) is 1. The van der Waals surface area contributed by atoms with Crippen LogP contribution in [0.4, 0.5) is 0 Å². The third-order valence-electron chi connectivity index (χ3n) is 2.00. The Morgan fingerprint density at radius 1 is 1.80 bits per heavy atom. The predicted molar refractivity (Wildman–Crippen MR) is 64.7 cm³/mol. The van der Waals surface area contributed by atoms with Crippen LogP contribution in [0.25, 0.3) is 0 Å². The molecule has 15 heavy (non-hydrogen) atoms. The predicted octanol–water partition coefficient (Wildman–Crippen LogP) is 0.940. The quantitative estimate of drug-likeness (QED) is 0.765. The summed E-state index contributed by atoms with van der Waals surface area (Å²) < 4.78 is 2.82. The van der Waals surface area contributed by atoms with Crippen molar-refractivity contribution in [1.29, 1.82) is 0 Å². The largest absolute Gasteiger partial charge is 0.480 e. The Kier molecular flexibility index (Phi) is 5.03. The maximum absolute atomic E-state index is 10.8. The summed E-state index contributed by atoms with van der Waals surface area (Å²) in [4.78, 5) is 10.8. The topological polar surface area (TPSA) is 67.2 Å². The van der Waals surface area contributed by atoms with Crippen molar-refractivity contribution in [3.05, 3.63) is 16.0 Å². The molecule has 0 amide bonds. The van der Waals surface area contributed by atoms with Crippen LogP contribution in [-0.4, -0.2) is 33.4 Å². The molecule has 6 heteroatoms. The van der Waals surface area contributed by atoms with Gasteiger partial charge in [0, 0.05) is 12.7 Å². The van der Waals surface area contributed by atoms with Gasteiger partial charge in [-0.2, -0.15) is 5.10 Å². The maximum Gasteiger partial charge on any atom is 0.320 e. The molecule has 0 bridgehead atoms. The molecular weight excluding hydrogens is 309 g/mol. The van der Waals surface area contributed by atoms with Gasteiger partial charge in [-0.3, -0.25) is 9.48 Å². The lowest BCUT2D eigenvalue weighted by atomic mass is 10.2. The summed E-state index contributed by atoms with van der Waals surface area (Å²) in [6, 6.07) is -0.489. The molecule has 0 aliphatic heterocycles. The van der Waals surface area contributed by atoms with Gasteiger partial charge >= 0.3 is 5.97 Å². The van der Waals surface area contributed by atoms with Crippen molar-refractivity contribution in [3.63, 3.8) is 0 Å². The number of likely N-dealkylation sites (N-methyl/N-ethyl adjacent to an activating group) is 1. The van der Waals surface area contributed by atoms with E-state index < -0.39 is 12.0 Å². The zero-order valence-electron chi connectivity index (χ0n) is 8.48. The summed E-state index contributed by atoms with van der Waals surface area (Å²) in [5.74, 6) is -0.807. The van der Waals surface area contributed by atoms with Gasteiger partial charge in [0.25, 0.3) is 0 Å². The molecule has 0 radical (unpaired) electrons. The molecule has 1 heterocycles. The van der Waals surface area contributed by atoms with E-state index in [0.717, 1.165) is 3.57 Å². The highest BCUT2D eigenvalue weighted by Gasteiger charge is 2.15. The Morgan fingerprint density at radius 2 is 2.53 bits per heavy atom. The van der Waals surface area contributed by atoms with Crippen molar-refractivity contribution in [2.24, 2.45) is 0 Å².